The van der Waals surface area contributed by atoms with Gasteiger partial charge in [0.25, 0.3) is 0 Å². The molecule has 2 fully saturated rings. The smallest absolute Gasteiger partial charge is 0.194 e. The van der Waals surface area contributed by atoms with Gasteiger partial charge in [-0.15, -0.1) is 35.3 Å². The molecule has 134 valence electrons. The highest BCUT2D eigenvalue weighted by atomic mass is 127. The molecule has 0 bridgehead atoms. The molecule has 0 unspecified atom stereocenters. The Hall–Kier alpha value is -1.15. The summed E-state index contributed by atoms with van der Waals surface area (Å²) in [6.45, 7) is 3.04. The SMILES string of the molecule is CN=C(NCc1nc(-c2ccccc2)cs1)N1CCC2(CCC2)C1.I. The lowest BCUT2D eigenvalue weighted by Crippen LogP contribution is -2.42. The summed E-state index contributed by atoms with van der Waals surface area (Å²) in [5, 5.41) is 6.74. The first-order valence-electron chi connectivity index (χ1n) is 8.73. The second kappa shape index (κ2) is 8.03. The van der Waals surface area contributed by atoms with Crippen LogP contribution in [0.15, 0.2) is 40.7 Å². The van der Waals surface area contributed by atoms with E-state index in [1.807, 2.05) is 13.1 Å². The van der Waals surface area contributed by atoms with E-state index in [9.17, 15) is 0 Å². The Kier molecular flexibility index (Phi) is 5.99. The molecule has 1 spiro atoms. The summed E-state index contributed by atoms with van der Waals surface area (Å²) in [5.74, 6) is 1.02. The van der Waals surface area contributed by atoms with Gasteiger partial charge in [0.05, 0.1) is 12.2 Å². The summed E-state index contributed by atoms with van der Waals surface area (Å²) < 4.78 is 0. The van der Waals surface area contributed by atoms with Gasteiger partial charge in [-0.1, -0.05) is 36.8 Å². The second-order valence-electron chi connectivity index (χ2n) is 6.92. The predicted molar refractivity (Wildman–Crippen MR) is 116 cm³/mol. The van der Waals surface area contributed by atoms with Crippen LogP contribution in [0.1, 0.15) is 30.7 Å². The number of hydrogen-bond donors (Lipinski definition) is 1. The number of aliphatic imine (C=N–C) groups is 1. The Labute approximate surface area is 170 Å². The van der Waals surface area contributed by atoms with Gasteiger partial charge in [-0.3, -0.25) is 4.99 Å². The molecule has 2 aliphatic rings. The van der Waals surface area contributed by atoms with Crippen LogP contribution >= 0.6 is 35.3 Å². The molecule has 6 heteroatoms. The number of thiazole rings is 1. The van der Waals surface area contributed by atoms with Crippen molar-refractivity contribution in [2.24, 2.45) is 10.4 Å². The summed E-state index contributed by atoms with van der Waals surface area (Å²) in [7, 11) is 1.88. The lowest BCUT2D eigenvalue weighted by molar-refractivity contribution is 0.151. The third kappa shape index (κ3) is 4.00. The maximum atomic E-state index is 4.75. The van der Waals surface area contributed by atoms with Crippen LogP contribution in [0.2, 0.25) is 0 Å². The summed E-state index contributed by atoms with van der Waals surface area (Å²) in [5.41, 5.74) is 2.83. The minimum Gasteiger partial charge on any atom is -0.350 e. The van der Waals surface area contributed by atoms with Gasteiger partial charge in [0.1, 0.15) is 5.01 Å². The van der Waals surface area contributed by atoms with E-state index in [1.165, 1.54) is 37.8 Å². The zero-order chi connectivity index (χ0) is 16.4. The molecule has 1 aromatic heterocycles. The van der Waals surface area contributed by atoms with E-state index in [2.05, 4.69) is 44.9 Å². The molecule has 1 aliphatic carbocycles. The minimum absolute atomic E-state index is 0. The van der Waals surface area contributed by atoms with E-state index in [-0.39, 0.29) is 24.0 Å². The van der Waals surface area contributed by atoms with Gasteiger partial charge in [0.2, 0.25) is 0 Å². The van der Waals surface area contributed by atoms with Gasteiger partial charge in [-0.25, -0.2) is 4.98 Å². The van der Waals surface area contributed by atoms with E-state index in [0.717, 1.165) is 29.8 Å². The number of rotatable bonds is 3. The highest BCUT2D eigenvalue weighted by Gasteiger charge is 2.43. The second-order valence-corrected chi connectivity index (χ2v) is 7.86. The van der Waals surface area contributed by atoms with Crippen LogP contribution in [0.5, 0.6) is 0 Å². The van der Waals surface area contributed by atoms with Crippen molar-refractivity contribution < 1.29 is 0 Å². The molecule has 1 N–H and O–H groups in total. The van der Waals surface area contributed by atoms with Crippen LogP contribution in [-0.2, 0) is 6.54 Å². The van der Waals surface area contributed by atoms with Crippen LogP contribution in [0, 0.1) is 5.41 Å². The van der Waals surface area contributed by atoms with Gasteiger partial charge in [-0.05, 0) is 24.7 Å². The molecule has 0 atom stereocenters. The number of nitrogens with one attached hydrogen (secondary N) is 1. The predicted octanol–water partition coefficient (Wildman–Crippen LogP) is 4.38. The van der Waals surface area contributed by atoms with Crippen LogP contribution < -0.4 is 5.32 Å². The molecule has 25 heavy (non-hydrogen) atoms. The van der Waals surface area contributed by atoms with E-state index in [4.69, 9.17) is 4.98 Å². The number of likely N-dealkylation sites (tertiary alicyclic amines) is 1. The van der Waals surface area contributed by atoms with Gasteiger partial charge < -0.3 is 10.2 Å². The highest BCUT2D eigenvalue weighted by Crippen LogP contribution is 2.47. The fourth-order valence-electron chi connectivity index (χ4n) is 3.82. The van der Waals surface area contributed by atoms with Crippen molar-refractivity contribution in [2.75, 3.05) is 20.1 Å². The molecule has 1 aromatic carbocycles. The Morgan fingerprint density at radius 2 is 2.08 bits per heavy atom. The molecule has 1 aliphatic heterocycles. The number of aromatic nitrogens is 1. The number of nitrogens with zero attached hydrogens (tertiary/aromatic N) is 3. The minimum atomic E-state index is 0. The first kappa shape index (κ1) is 18.6. The zero-order valence-corrected chi connectivity index (χ0v) is 17.7. The van der Waals surface area contributed by atoms with Crippen molar-refractivity contribution in [2.45, 2.75) is 32.2 Å². The number of hydrogen-bond acceptors (Lipinski definition) is 3. The summed E-state index contributed by atoms with van der Waals surface area (Å²) in [4.78, 5) is 11.7. The number of halogens is 1. The van der Waals surface area contributed by atoms with Crippen LogP contribution in [-0.4, -0.2) is 36.0 Å². The Balaban J connectivity index is 0.00000182. The standard InChI is InChI=1S/C19H24N4S.HI/c1-20-18(23-11-10-19(14-23)8-5-9-19)21-12-17-22-16(13-24-17)15-6-3-2-4-7-15;/h2-4,6-7,13H,5,8-12,14H2,1H3,(H,20,21);1H. The average Bonchev–Trinajstić information content (AvgIpc) is 3.23. The van der Waals surface area contributed by atoms with Crippen LogP contribution in [0.4, 0.5) is 0 Å². The monoisotopic (exact) mass is 468 g/mol. The lowest BCUT2D eigenvalue weighted by Gasteiger charge is -2.38. The van der Waals surface area contributed by atoms with Gasteiger partial charge in [-0.2, -0.15) is 0 Å². The van der Waals surface area contributed by atoms with Crippen molar-refractivity contribution in [1.29, 1.82) is 0 Å². The number of benzene rings is 1. The molecule has 4 nitrogen and oxygen atoms in total. The molecule has 0 radical (unpaired) electrons. The van der Waals surface area contributed by atoms with Crippen molar-refractivity contribution in [3.05, 3.63) is 40.7 Å². The first-order chi connectivity index (χ1) is 11.8. The maximum Gasteiger partial charge on any atom is 0.194 e. The van der Waals surface area contributed by atoms with E-state index in [1.54, 1.807) is 11.3 Å². The highest BCUT2D eigenvalue weighted by molar-refractivity contribution is 14.0. The molecule has 4 rings (SSSR count). The molecule has 1 saturated carbocycles. The van der Waals surface area contributed by atoms with Crippen molar-refractivity contribution in [3.8, 4) is 11.3 Å². The molecule has 1 saturated heterocycles. The Morgan fingerprint density at radius 1 is 1.28 bits per heavy atom. The summed E-state index contributed by atoms with van der Waals surface area (Å²) in [6, 6.07) is 10.4. The third-order valence-electron chi connectivity index (χ3n) is 5.38. The molecule has 2 aromatic rings. The zero-order valence-electron chi connectivity index (χ0n) is 14.6. The normalized spacial score (nSPS) is 18.8. The van der Waals surface area contributed by atoms with Gasteiger partial charge in [0.15, 0.2) is 5.96 Å². The largest absolute Gasteiger partial charge is 0.350 e. The molecule has 2 heterocycles. The van der Waals surface area contributed by atoms with E-state index in [0.29, 0.717) is 5.41 Å². The van der Waals surface area contributed by atoms with Crippen molar-refractivity contribution in [3.63, 3.8) is 0 Å². The topological polar surface area (TPSA) is 40.5 Å². The molecular formula is C19H25IN4S. The molecule has 0 amide bonds. The maximum absolute atomic E-state index is 4.75. The van der Waals surface area contributed by atoms with E-state index < -0.39 is 0 Å². The Bertz CT molecular complexity index is 724. The molecular weight excluding hydrogens is 443 g/mol. The summed E-state index contributed by atoms with van der Waals surface area (Å²) >= 11 is 1.71. The van der Waals surface area contributed by atoms with Crippen LogP contribution in [0.3, 0.4) is 0 Å². The van der Waals surface area contributed by atoms with Crippen molar-refractivity contribution >= 4 is 41.3 Å². The number of guanidine groups is 1. The Morgan fingerprint density at radius 3 is 2.72 bits per heavy atom. The average molecular weight is 468 g/mol. The third-order valence-corrected chi connectivity index (χ3v) is 6.23. The quantitative estimate of drug-likeness (QED) is 0.413. The van der Waals surface area contributed by atoms with Crippen molar-refractivity contribution in [1.82, 2.24) is 15.2 Å². The fourth-order valence-corrected chi connectivity index (χ4v) is 4.56. The van der Waals surface area contributed by atoms with E-state index >= 15 is 0 Å². The first-order valence-corrected chi connectivity index (χ1v) is 9.61. The van der Waals surface area contributed by atoms with Gasteiger partial charge in [0, 0.05) is 31.1 Å². The van der Waals surface area contributed by atoms with Gasteiger partial charge >= 0.3 is 0 Å². The summed E-state index contributed by atoms with van der Waals surface area (Å²) in [6.07, 6.45) is 5.52. The lowest BCUT2D eigenvalue weighted by atomic mass is 9.68. The fraction of sp³-hybridized carbons (Fsp3) is 0.474. The van der Waals surface area contributed by atoms with Crippen LogP contribution in [0.25, 0.3) is 11.3 Å².